The first kappa shape index (κ1) is 12.1. The maximum atomic E-state index is 9.16. The largest absolute Gasteiger partial charge is 0.394 e. The number of aromatic nitrogens is 2. The minimum atomic E-state index is -0.165. The van der Waals surface area contributed by atoms with Gasteiger partial charge in [-0.2, -0.15) is 4.98 Å². The molecule has 1 aromatic heterocycles. The van der Waals surface area contributed by atoms with Crippen molar-refractivity contribution < 1.29 is 9.84 Å². The summed E-state index contributed by atoms with van der Waals surface area (Å²) in [7, 11) is 0. The van der Waals surface area contributed by atoms with Crippen molar-refractivity contribution in [1.82, 2.24) is 9.97 Å². The van der Waals surface area contributed by atoms with E-state index in [4.69, 9.17) is 15.6 Å². The molecule has 0 saturated carbocycles. The zero-order valence-electron chi connectivity index (χ0n) is 10.1. The molecule has 1 fully saturated rings. The molecule has 2 atom stereocenters. The van der Waals surface area contributed by atoms with Crippen LogP contribution in [0.1, 0.15) is 12.5 Å². The van der Waals surface area contributed by atoms with Gasteiger partial charge in [0.05, 0.1) is 25.4 Å². The van der Waals surface area contributed by atoms with Crippen LogP contribution in [0.3, 0.4) is 0 Å². The van der Waals surface area contributed by atoms with Gasteiger partial charge in [0.25, 0.3) is 0 Å². The summed E-state index contributed by atoms with van der Waals surface area (Å²) in [5, 5.41) is 9.16. The normalized spacial score (nSPS) is 25.0. The minimum Gasteiger partial charge on any atom is -0.394 e. The van der Waals surface area contributed by atoms with Crippen molar-refractivity contribution >= 4 is 11.8 Å². The van der Waals surface area contributed by atoms with Crippen LogP contribution in [0.25, 0.3) is 0 Å². The van der Waals surface area contributed by atoms with Crippen molar-refractivity contribution in [3.8, 4) is 0 Å². The molecule has 6 heteroatoms. The number of aliphatic hydroxyl groups is 1. The monoisotopic (exact) mass is 238 g/mol. The molecule has 1 aliphatic rings. The van der Waals surface area contributed by atoms with E-state index in [9.17, 15) is 0 Å². The second-order valence-corrected chi connectivity index (χ2v) is 4.37. The second kappa shape index (κ2) is 4.85. The van der Waals surface area contributed by atoms with Crippen LogP contribution in [-0.4, -0.2) is 47.0 Å². The van der Waals surface area contributed by atoms with Crippen molar-refractivity contribution in [2.45, 2.75) is 26.0 Å². The van der Waals surface area contributed by atoms with Gasteiger partial charge in [0.1, 0.15) is 5.82 Å². The van der Waals surface area contributed by atoms with E-state index in [2.05, 4.69) is 21.8 Å². The Morgan fingerprint density at radius 3 is 3.12 bits per heavy atom. The van der Waals surface area contributed by atoms with Gasteiger partial charge in [-0.05, 0) is 13.8 Å². The number of nitrogens with two attached hydrogens (primary N) is 1. The molecule has 1 aliphatic heterocycles. The highest BCUT2D eigenvalue weighted by atomic mass is 16.5. The number of hydrogen-bond donors (Lipinski definition) is 2. The molecule has 94 valence electrons. The number of anilines is 2. The highest BCUT2D eigenvalue weighted by Gasteiger charge is 2.27. The second-order valence-electron chi connectivity index (χ2n) is 4.37. The highest BCUT2D eigenvalue weighted by Crippen LogP contribution is 2.23. The lowest BCUT2D eigenvalue weighted by Gasteiger charge is -2.38. The van der Waals surface area contributed by atoms with Crippen LogP contribution < -0.4 is 10.6 Å². The summed E-state index contributed by atoms with van der Waals surface area (Å²) in [6, 6.07) is 0.214. The standard InChI is InChI=1S/C11H18N4O2/c1-7-3-13-11(12)14-10(7)15-4-9(5-16)17-6-8(15)2/h3,8-9,16H,4-6H2,1-2H3,(H2,12,13,14). The van der Waals surface area contributed by atoms with Crippen molar-refractivity contribution in [2.75, 3.05) is 30.4 Å². The summed E-state index contributed by atoms with van der Waals surface area (Å²) in [6.45, 7) is 5.22. The van der Waals surface area contributed by atoms with E-state index < -0.39 is 0 Å². The molecule has 17 heavy (non-hydrogen) atoms. The van der Waals surface area contributed by atoms with Crippen molar-refractivity contribution in [2.24, 2.45) is 0 Å². The number of nitrogen functional groups attached to an aromatic ring is 1. The number of aryl methyl sites for hydroxylation is 1. The molecule has 0 spiro atoms. The molecule has 0 radical (unpaired) electrons. The molecule has 3 N–H and O–H groups in total. The number of morpholine rings is 1. The molecule has 2 rings (SSSR count). The van der Waals surface area contributed by atoms with E-state index in [-0.39, 0.29) is 24.7 Å². The van der Waals surface area contributed by atoms with Crippen LogP contribution in [0.4, 0.5) is 11.8 Å². The Hall–Kier alpha value is -1.40. The van der Waals surface area contributed by atoms with E-state index in [1.807, 2.05) is 6.92 Å². The third-order valence-electron chi connectivity index (χ3n) is 2.94. The first-order valence-corrected chi connectivity index (χ1v) is 5.70. The predicted molar refractivity (Wildman–Crippen MR) is 64.8 cm³/mol. The summed E-state index contributed by atoms with van der Waals surface area (Å²) in [5.74, 6) is 1.09. The zero-order valence-corrected chi connectivity index (χ0v) is 10.1. The van der Waals surface area contributed by atoms with Gasteiger partial charge in [0, 0.05) is 18.3 Å². The topological polar surface area (TPSA) is 84.5 Å². The molecular weight excluding hydrogens is 220 g/mol. The fraction of sp³-hybridized carbons (Fsp3) is 0.636. The predicted octanol–water partition coefficient (Wildman–Crippen LogP) is -0.0468. The Morgan fingerprint density at radius 2 is 2.41 bits per heavy atom. The van der Waals surface area contributed by atoms with E-state index in [0.29, 0.717) is 13.2 Å². The van der Waals surface area contributed by atoms with Gasteiger partial charge in [-0.25, -0.2) is 4.98 Å². The Kier molecular flexibility index (Phi) is 3.44. The fourth-order valence-electron chi connectivity index (χ4n) is 1.96. The molecule has 1 saturated heterocycles. The third-order valence-corrected chi connectivity index (χ3v) is 2.94. The van der Waals surface area contributed by atoms with Crippen LogP contribution in [0.15, 0.2) is 6.20 Å². The summed E-state index contributed by atoms with van der Waals surface area (Å²) in [6.07, 6.45) is 1.55. The number of nitrogens with zero attached hydrogens (tertiary/aromatic N) is 3. The van der Waals surface area contributed by atoms with Gasteiger partial charge in [-0.15, -0.1) is 0 Å². The lowest BCUT2D eigenvalue weighted by atomic mass is 10.2. The smallest absolute Gasteiger partial charge is 0.221 e. The van der Waals surface area contributed by atoms with Gasteiger partial charge in [0.2, 0.25) is 5.95 Å². The van der Waals surface area contributed by atoms with Gasteiger partial charge in [0.15, 0.2) is 0 Å². The number of rotatable bonds is 2. The first-order valence-electron chi connectivity index (χ1n) is 5.70. The maximum Gasteiger partial charge on any atom is 0.221 e. The van der Waals surface area contributed by atoms with E-state index in [0.717, 1.165) is 11.4 Å². The van der Waals surface area contributed by atoms with Gasteiger partial charge < -0.3 is 20.5 Å². The quantitative estimate of drug-likeness (QED) is 0.751. The molecular formula is C11H18N4O2. The summed E-state index contributed by atoms with van der Waals surface area (Å²) >= 11 is 0. The summed E-state index contributed by atoms with van der Waals surface area (Å²) < 4.78 is 5.49. The van der Waals surface area contributed by atoms with Crippen molar-refractivity contribution in [1.29, 1.82) is 0 Å². The Labute approximate surface area is 100 Å². The molecule has 0 bridgehead atoms. The highest BCUT2D eigenvalue weighted by molar-refractivity contribution is 5.49. The van der Waals surface area contributed by atoms with Gasteiger partial charge in [-0.3, -0.25) is 0 Å². The molecule has 0 amide bonds. The molecule has 2 unspecified atom stereocenters. The Morgan fingerprint density at radius 1 is 1.65 bits per heavy atom. The summed E-state index contributed by atoms with van der Waals surface area (Å²) in [4.78, 5) is 10.3. The van der Waals surface area contributed by atoms with Crippen LogP contribution in [0.5, 0.6) is 0 Å². The zero-order chi connectivity index (χ0) is 12.4. The van der Waals surface area contributed by atoms with E-state index in [1.165, 1.54) is 0 Å². The Balaban J connectivity index is 2.27. The lowest BCUT2D eigenvalue weighted by molar-refractivity contribution is -0.0106. The van der Waals surface area contributed by atoms with Gasteiger partial charge in [-0.1, -0.05) is 0 Å². The molecule has 0 aromatic carbocycles. The number of aliphatic hydroxyl groups excluding tert-OH is 1. The summed E-state index contributed by atoms with van der Waals surface area (Å²) in [5.41, 5.74) is 6.59. The fourth-order valence-corrected chi connectivity index (χ4v) is 1.96. The van der Waals surface area contributed by atoms with E-state index in [1.54, 1.807) is 6.20 Å². The van der Waals surface area contributed by atoms with Crippen LogP contribution in [0.2, 0.25) is 0 Å². The van der Waals surface area contributed by atoms with Crippen molar-refractivity contribution in [3.63, 3.8) is 0 Å². The number of ether oxygens (including phenoxy) is 1. The van der Waals surface area contributed by atoms with Crippen LogP contribution in [0, 0.1) is 6.92 Å². The van der Waals surface area contributed by atoms with Crippen LogP contribution in [-0.2, 0) is 4.74 Å². The molecule has 2 heterocycles. The first-order chi connectivity index (χ1) is 8.11. The minimum absolute atomic E-state index is 0.0167. The average Bonchev–Trinajstić information content (AvgIpc) is 2.33. The number of hydrogen-bond acceptors (Lipinski definition) is 6. The average molecular weight is 238 g/mol. The van der Waals surface area contributed by atoms with Gasteiger partial charge >= 0.3 is 0 Å². The Bertz CT molecular complexity index is 399. The SMILES string of the molecule is Cc1cnc(N)nc1N1CC(CO)OCC1C. The molecule has 6 nitrogen and oxygen atoms in total. The third kappa shape index (κ3) is 2.48. The van der Waals surface area contributed by atoms with Crippen molar-refractivity contribution in [3.05, 3.63) is 11.8 Å². The molecule has 1 aromatic rings. The van der Waals surface area contributed by atoms with Crippen LogP contribution >= 0.6 is 0 Å². The van der Waals surface area contributed by atoms with E-state index >= 15 is 0 Å². The lowest BCUT2D eigenvalue weighted by Crippen LogP contribution is -2.50. The maximum absolute atomic E-state index is 9.16. The molecule has 0 aliphatic carbocycles.